The molecule has 1 aliphatic rings. The number of nitrogens with zero attached hydrogens (tertiary/aromatic N) is 1. The summed E-state index contributed by atoms with van der Waals surface area (Å²) < 4.78 is 11.3. The van der Waals surface area contributed by atoms with Crippen LogP contribution in [-0.4, -0.2) is 42.5 Å². The lowest BCUT2D eigenvalue weighted by atomic mass is 10.1. The molecule has 3 heterocycles. The molecule has 33 heavy (non-hydrogen) atoms. The largest absolute Gasteiger partial charge is 0.482 e. The van der Waals surface area contributed by atoms with E-state index in [2.05, 4.69) is 5.32 Å². The highest BCUT2D eigenvalue weighted by Crippen LogP contribution is 2.36. The molecule has 7 heteroatoms. The first-order valence-corrected chi connectivity index (χ1v) is 12.3. The standard InChI is InChI=1S/C26H30N2O4S/c1-19(12-13-21-11-8-16-31-21)27-26(30)25-22(17-23(33-25)20-9-4-2-5-10-20)32-18-24(29)28-14-6-3-7-15-28/h2,4-5,8-11,16-17,19H,3,6-7,12-15,18H2,1H3,(H,27,30). The molecular formula is C26H30N2O4S. The van der Waals surface area contributed by atoms with Crippen molar-refractivity contribution in [2.24, 2.45) is 0 Å². The van der Waals surface area contributed by atoms with Crippen LogP contribution in [0.15, 0.2) is 59.2 Å². The topological polar surface area (TPSA) is 71.8 Å². The zero-order valence-corrected chi connectivity index (χ0v) is 19.7. The van der Waals surface area contributed by atoms with Gasteiger partial charge in [0.1, 0.15) is 16.4 Å². The molecule has 1 N–H and O–H groups in total. The maximum atomic E-state index is 13.1. The summed E-state index contributed by atoms with van der Waals surface area (Å²) in [5, 5.41) is 3.07. The number of rotatable bonds is 9. The summed E-state index contributed by atoms with van der Waals surface area (Å²) in [5.74, 6) is 1.15. The number of nitrogens with one attached hydrogen (secondary N) is 1. The lowest BCUT2D eigenvalue weighted by Crippen LogP contribution is -2.38. The number of furan rings is 1. The SMILES string of the molecule is CC(CCc1ccco1)NC(=O)c1sc(-c2ccccc2)cc1OCC(=O)N1CCCCC1. The minimum atomic E-state index is -0.186. The number of likely N-dealkylation sites (tertiary alicyclic amines) is 1. The van der Waals surface area contributed by atoms with Crippen molar-refractivity contribution in [2.75, 3.05) is 19.7 Å². The average molecular weight is 467 g/mol. The van der Waals surface area contributed by atoms with Crippen LogP contribution >= 0.6 is 11.3 Å². The van der Waals surface area contributed by atoms with Gasteiger partial charge in [0, 0.05) is 30.4 Å². The van der Waals surface area contributed by atoms with Gasteiger partial charge in [-0.15, -0.1) is 11.3 Å². The van der Waals surface area contributed by atoms with E-state index >= 15 is 0 Å². The highest BCUT2D eigenvalue weighted by molar-refractivity contribution is 7.17. The Hall–Kier alpha value is -3.06. The van der Waals surface area contributed by atoms with Gasteiger partial charge in [0.25, 0.3) is 11.8 Å². The molecule has 1 atom stereocenters. The average Bonchev–Trinajstić information content (AvgIpc) is 3.52. The second-order valence-corrected chi connectivity index (χ2v) is 9.44. The number of piperidine rings is 1. The predicted octanol–water partition coefficient (Wildman–Crippen LogP) is 5.15. The lowest BCUT2D eigenvalue weighted by molar-refractivity contribution is -0.134. The van der Waals surface area contributed by atoms with E-state index in [1.54, 1.807) is 6.26 Å². The number of hydrogen-bond acceptors (Lipinski definition) is 5. The number of thiophene rings is 1. The maximum Gasteiger partial charge on any atom is 0.265 e. The van der Waals surface area contributed by atoms with E-state index < -0.39 is 0 Å². The summed E-state index contributed by atoms with van der Waals surface area (Å²) in [6, 6.07) is 15.5. The van der Waals surface area contributed by atoms with Crippen LogP contribution < -0.4 is 10.1 Å². The Morgan fingerprint density at radius 3 is 2.64 bits per heavy atom. The van der Waals surface area contributed by atoms with Crippen molar-refractivity contribution in [3.8, 4) is 16.2 Å². The van der Waals surface area contributed by atoms with Gasteiger partial charge in [-0.3, -0.25) is 9.59 Å². The van der Waals surface area contributed by atoms with Crippen LogP contribution in [0.3, 0.4) is 0 Å². The van der Waals surface area contributed by atoms with E-state index in [4.69, 9.17) is 9.15 Å². The number of carbonyl (C=O) groups excluding carboxylic acids is 2. The maximum absolute atomic E-state index is 13.1. The van der Waals surface area contributed by atoms with Crippen LogP contribution in [0.4, 0.5) is 0 Å². The van der Waals surface area contributed by atoms with Crippen LogP contribution in [-0.2, 0) is 11.2 Å². The van der Waals surface area contributed by atoms with Crippen LogP contribution in [0.5, 0.6) is 5.75 Å². The summed E-state index contributed by atoms with van der Waals surface area (Å²) in [6.07, 6.45) is 6.40. The lowest BCUT2D eigenvalue weighted by Gasteiger charge is -2.26. The third-order valence-electron chi connectivity index (χ3n) is 5.80. The van der Waals surface area contributed by atoms with Gasteiger partial charge in [-0.25, -0.2) is 0 Å². The third-order valence-corrected chi connectivity index (χ3v) is 6.97. The molecular weight excluding hydrogens is 436 g/mol. The third kappa shape index (κ3) is 6.26. The normalized spacial score (nSPS) is 14.6. The predicted molar refractivity (Wildman–Crippen MR) is 130 cm³/mol. The first kappa shape index (κ1) is 23.1. The summed E-state index contributed by atoms with van der Waals surface area (Å²) in [5.41, 5.74) is 1.01. The Balaban J connectivity index is 1.45. The van der Waals surface area contributed by atoms with Gasteiger partial charge in [0.15, 0.2) is 6.61 Å². The van der Waals surface area contributed by atoms with Gasteiger partial charge in [-0.1, -0.05) is 30.3 Å². The molecule has 174 valence electrons. The Morgan fingerprint density at radius 2 is 1.91 bits per heavy atom. The fourth-order valence-electron chi connectivity index (χ4n) is 3.93. The number of aryl methyl sites for hydroxylation is 1. The number of hydrogen-bond donors (Lipinski definition) is 1. The van der Waals surface area contributed by atoms with Crippen molar-refractivity contribution in [3.63, 3.8) is 0 Å². The first-order valence-electron chi connectivity index (χ1n) is 11.5. The van der Waals surface area contributed by atoms with Crippen LogP contribution in [0, 0.1) is 0 Å². The fourth-order valence-corrected chi connectivity index (χ4v) is 4.94. The van der Waals surface area contributed by atoms with Crippen molar-refractivity contribution in [2.45, 2.75) is 45.1 Å². The van der Waals surface area contributed by atoms with Gasteiger partial charge in [0.05, 0.1) is 6.26 Å². The van der Waals surface area contributed by atoms with E-state index in [0.717, 1.165) is 61.4 Å². The highest BCUT2D eigenvalue weighted by Gasteiger charge is 2.22. The Labute approximate surface area is 198 Å². The summed E-state index contributed by atoms with van der Waals surface area (Å²) in [6.45, 7) is 3.48. The van der Waals surface area contributed by atoms with E-state index in [1.807, 2.05) is 60.4 Å². The van der Waals surface area contributed by atoms with Gasteiger partial charge >= 0.3 is 0 Å². The molecule has 1 aliphatic heterocycles. The second kappa shape index (κ2) is 11.2. The molecule has 0 radical (unpaired) electrons. The molecule has 1 saturated heterocycles. The van der Waals surface area contributed by atoms with Gasteiger partial charge in [-0.2, -0.15) is 0 Å². The Kier molecular flexibility index (Phi) is 7.83. The molecule has 0 aliphatic carbocycles. The zero-order chi connectivity index (χ0) is 23.0. The van der Waals surface area contributed by atoms with E-state index in [1.165, 1.54) is 11.3 Å². The zero-order valence-electron chi connectivity index (χ0n) is 18.9. The van der Waals surface area contributed by atoms with Crippen molar-refractivity contribution in [1.29, 1.82) is 0 Å². The minimum absolute atomic E-state index is 0.0275. The first-order chi connectivity index (χ1) is 16.1. The van der Waals surface area contributed by atoms with E-state index in [-0.39, 0.29) is 24.5 Å². The molecule has 0 bridgehead atoms. The van der Waals surface area contributed by atoms with Gasteiger partial charge in [0.2, 0.25) is 0 Å². The van der Waals surface area contributed by atoms with Crippen molar-refractivity contribution in [3.05, 3.63) is 65.4 Å². The molecule has 1 aromatic carbocycles. The molecule has 2 aromatic heterocycles. The van der Waals surface area contributed by atoms with Crippen molar-refractivity contribution < 1.29 is 18.7 Å². The Morgan fingerprint density at radius 1 is 1.12 bits per heavy atom. The molecule has 0 spiro atoms. The monoisotopic (exact) mass is 466 g/mol. The molecule has 6 nitrogen and oxygen atoms in total. The molecule has 2 amide bonds. The number of ether oxygens (including phenoxy) is 1. The molecule has 3 aromatic rings. The van der Waals surface area contributed by atoms with Crippen LogP contribution in [0.1, 0.15) is 48.0 Å². The molecule has 0 saturated carbocycles. The number of benzene rings is 1. The van der Waals surface area contributed by atoms with Crippen LogP contribution in [0.25, 0.3) is 10.4 Å². The summed E-state index contributed by atoms with van der Waals surface area (Å²) >= 11 is 1.39. The smallest absolute Gasteiger partial charge is 0.265 e. The van der Waals surface area contributed by atoms with Crippen molar-refractivity contribution >= 4 is 23.2 Å². The van der Waals surface area contributed by atoms with E-state index in [0.29, 0.717) is 10.6 Å². The highest BCUT2D eigenvalue weighted by atomic mass is 32.1. The number of amides is 2. The quantitative estimate of drug-likeness (QED) is 0.473. The Bertz CT molecular complexity index is 1040. The van der Waals surface area contributed by atoms with Crippen molar-refractivity contribution in [1.82, 2.24) is 10.2 Å². The number of carbonyl (C=O) groups is 2. The molecule has 1 fully saturated rings. The summed E-state index contributed by atoms with van der Waals surface area (Å²) in [4.78, 5) is 29.0. The summed E-state index contributed by atoms with van der Waals surface area (Å²) in [7, 11) is 0. The van der Waals surface area contributed by atoms with E-state index in [9.17, 15) is 9.59 Å². The van der Waals surface area contributed by atoms with Gasteiger partial charge < -0.3 is 19.4 Å². The second-order valence-electron chi connectivity index (χ2n) is 8.39. The van der Waals surface area contributed by atoms with Crippen LogP contribution in [0.2, 0.25) is 0 Å². The van der Waals surface area contributed by atoms with Gasteiger partial charge in [-0.05, 0) is 56.4 Å². The fraction of sp³-hybridized carbons (Fsp3) is 0.385. The minimum Gasteiger partial charge on any atom is -0.482 e. The molecule has 1 unspecified atom stereocenters. The molecule has 4 rings (SSSR count).